The molecule has 0 atom stereocenters. The second kappa shape index (κ2) is 9.74. The Morgan fingerprint density at radius 2 is 1.86 bits per heavy atom. The first kappa shape index (κ1) is 24.8. The average Bonchev–Trinajstić information content (AvgIpc) is 2.81. The maximum atomic E-state index is 14.1. The molecule has 4 rings (SSSR count). The van der Waals surface area contributed by atoms with E-state index in [2.05, 4.69) is 20.0 Å². The fraction of sp³-hybridized carbons (Fsp3) is 0.125. The molecule has 12 heteroatoms. The number of carbonyl (C=O) groups excluding carboxylic acids is 1. The Bertz CT molecular complexity index is 1600. The minimum absolute atomic E-state index is 0.0411. The summed E-state index contributed by atoms with van der Waals surface area (Å²) >= 11 is 0. The molecule has 0 aliphatic rings. The van der Waals surface area contributed by atoms with Crippen molar-refractivity contribution in [2.45, 2.75) is 18.4 Å². The van der Waals surface area contributed by atoms with Crippen LogP contribution in [0.1, 0.15) is 12.5 Å². The van der Waals surface area contributed by atoms with E-state index in [1.807, 2.05) is 0 Å². The second-order valence-corrected chi connectivity index (χ2v) is 9.46. The number of nitrogens with zero attached hydrogens (tertiary/aromatic N) is 2. The molecule has 0 aliphatic heterocycles. The van der Waals surface area contributed by atoms with Crippen molar-refractivity contribution in [3.8, 4) is 17.0 Å². The zero-order valence-electron chi connectivity index (χ0n) is 19.2. The molecule has 1 amide bonds. The molecule has 0 saturated carbocycles. The van der Waals surface area contributed by atoms with Crippen LogP contribution in [0.2, 0.25) is 0 Å². The number of pyridine rings is 2. The minimum atomic E-state index is -4.42. The van der Waals surface area contributed by atoms with Gasteiger partial charge in [0, 0.05) is 42.2 Å². The number of ether oxygens (including phenoxy) is 1. The summed E-state index contributed by atoms with van der Waals surface area (Å²) < 4.78 is 60.4. The van der Waals surface area contributed by atoms with E-state index in [-0.39, 0.29) is 24.0 Å². The maximum absolute atomic E-state index is 14.1. The number of hydrogen-bond donors (Lipinski definition) is 3. The smallest absolute Gasteiger partial charge is 0.264 e. The molecule has 2 aromatic carbocycles. The van der Waals surface area contributed by atoms with Crippen molar-refractivity contribution in [1.82, 2.24) is 15.3 Å². The van der Waals surface area contributed by atoms with Gasteiger partial charge in [0.05, 0.1) is 12.6 Å². The number of methoxy groups -OCH3 is 1. The van der Waals surface area contributed by atoms with E-state index in [1.165, 1.54) is 26.3 Å². The lowest BCUT2D eigenvalue weighted by molar-refractivity contribution is -0.119. The highest BCUT2D eigenvalue weighted by molar-refractivity contribution is 7.92. The Morgan fingerprint density at radius 3 is 2.56 bits per heavy atom. The van der Waals surface area contributed by atoms with Gasteiger partial charge in [-0.25, -0.2) is 27.2 Å². The molecule has 0 bridgehead atoms. The predicted octanol–water partition coefficient (Wildman–Crippen LogP) is 3.60. The summed E-state index contributed by atoms with van der Waals surface area (Å²) in [4.78, 5) is 19.1. The van der Waals surface area contributed by atoms with Crippen molar-refractivity contribution in [3.63, 3.8) is 0 Å². The molecule has 0 fully saturated rings. The normalized spacial score (nSPS) is 11.3. The van der Waals surface area contributed by atoms with Crippen LogP contribution in [0.15, 0.2) is 59.6 Å². The highest BCUT2D eigenvalue weighted by atomic mass is 32.2. The summed E-state index contributed by atoms with van der Waals surface area (Å²) in [5, 5.41) is 3.41. The summed E-state index contributed by atoms with van der Waals surface area (Å²) in [6.45, 7) is 1.61. The third kappa shape index (κ3) is 5.18. The Morgan fingerprint density at radius 1 is 1.08 bits per heavy atom. The maximum Gasteiger partial charge on any atom is 0.264 e. The number of fused-ring (bicyclic) bond motifs is 1. The summed E-state index contributed by atoms with van der Waals surface area (Å²) in [5.74, 6) is -2.09. The van der Waals surface area contributed by atoms with Gasteiger partial charge in [-0.3, -0.25) is 9.52 Å². The van der Waals surface area contributed by atoms with E-state index in [4.69, 9.17) is 10.5 Å². The molecule has 0 radical (unpaired) electrons. The van der Waals surface area contributed by atoms with Gasteiger partial charge in [0.1, 0.15) is 28.0 Å². The molecule has 0 unspecified atom stereocenters. The third-order valence-corrected chi connectivity index (χ3v) is 6.66. The fourth-order valence-electron chi connectivity index (χ4n) is 3.51. The van der Waals surface area contributed by atoms with E-state index in [1.54, 1.807) is 24.3 Å². The standard InChI is InChI=1S/C24H21F2N5O4S/c1-13(32)28-12-17-8-15-7-14(3-5-20(15)30-23(17)27)16-9-21(24(35-2)29-11-16)31-36(33,34)22-6-4-18(25)10-19(22)26/h3-11,31H,12H2,1-2H3,(H2,27,30)(H,28,32). The van der Waals surface area contributed by atoms with Gasteiger partial charge < -0.3 is 15.8 Å². The fourth-order valence-corrected chi connectivity index (χ4v) is 4.62. The third-order valence-electron chi connectivity index (χ3n) is 5.26. The first-order valence-electron chi connectivity index (χ1n) is 10.5. The number of halogens is 2. The van der Waals surface area contributed by atoms with Crippen molar-refractivity contribution in [2.75, 3.05) is 17.6 Å². The highest BCUT2D eigenvalue weighted by Crippen LogP contribution is 2.32. The number of rotatable bonds is 7. The van der Waals surface area contributed by atoms with Gasteiger partial charge in [0.15, 0.2) is 0 Å². The van der Waals surface area contributed by atoms with Crippen LogP contribution < -0.4 is 20.5 Å². The van der Waals surface area contributed by atoms with Gasteiger partial charge in [0.2, 0.25) is 11.8 Å². The van der Waals surface area contributed by atoms with Gasteiger partial charge >= 0.3 is 0 Å². The van der Waals surface area contributed by atoms with Crippen LogP contribution in [-0.2, 0) is 21.4 Å². The number of amides is 1. The highest BCUT2D eigenvalue weighted by Gasteiger charge is 2.22. The zero-order chi connectivity index (χ0) is 26.0. The van der Waals surface area contributed by atoms with E-state index < -0.39 is 26.6 Å². The quantitative estimate of drug-likeness (QED) is 0.343. The number of hydrogen-bond acceptors (Lipinski definition) is 7. The number of carbonyl (C=O) groups is 1. The molecular weight excluding hydrogens is 492 g/mol. The first-order chi connectivity index (χ1) is 17.1. The topological polar surface area (TPSA) is 136 Å². The van der Waals surface area contributed by atoms with Crippen molar-refractivity contribution < 1.29 is 26.7 Å². The number of benzene rings is 2. The molecule has 186 valence electrons. The predicted molar refractivity (Wildman–Crippen MR) is 131 cm³/mol. The summed E-state index contributed by atoms with van der Waals surface area (Å²) in [6.07, 6.45) is 1.49. The number of sulfonamides is 1. The van der Waals surface area contributed by atoms with Crippen LogP contribution in [0, 0.1) is 11.6 Å². The van der Waals surface area contributed by atoms with Gasteiger partial charge in [-0.1, -0.05) is 6.07 Å². The molecule has 2 aromatic heterocycles. The van der Waals surface area contributed by atoms with Gasteiger partial charge in [-0.2, -0.15) is 0 Å². The minimum Gasteiger partial charge on any atom is -0.480 e. The van der Waals surface area contributed by atoms with Crippen molar-refractivity contribution in [2.24, 2.45) is 0 Å². The second-order valence-electron chi connectivity index (χ2n) is 7.81. The lowest BCUT2D eigenvalue weighted by Gasteiger charge is -2.14. The van der Waals surface area contributed by atoms with E-state index in [9.17, 15) is 22.0 Å². The van der Waals surface area contributed by atoms with Crippen LogP contribution in [0.5, 0.6) is 5.88 Å². The first-order valence-corrected chi connectivity index (χ1v) is 12.0. The lowest BCUT2D eigenvalue weighted by atomic mass is 10.0. The lowest BCUT2D eigenvalue weighted by Crippen LogP contribution is -2.20. The Kier molecular flexibility index (Phi) is 6.71. The Balaban J connectivity index is 1.72. The van der Waals surface area contributed by atoms with Crippen molar-refractivity contribution in [1.29, 1.82) is 0 Å². The summed E-state index contributed by atoms with van der Waals surface area (Å²) in [5.41, 5.74) is 8.41. The molecule has 9 nitrogen and oxygen atoms in total. The molecule has 0 saturated heterocycles. The van der Waals surface area contributed by atoms with Gasteiger partial charge in [-0.05, 0) is 42.0 Å². The molecule has 4 aromatic rings. The van der Waals surface area contributed by atoms with Crippen LogP contribution in [-0.4, -0.2) is 31.4 Å². The number of anilines is 2. The number of nitrogens with two attached hydrogens (primary N) is 1. The Labute approximate surface area is 205 Å². The average molecular weight is 514 g/mol. The molecular formula is C24H21F2N5O4S. The monoisotopic (exact) mass is 513 g/mol. The zero-order valence-corrected chi connectivity index (χ0v) is 20.0. The van der Waals surface area contributed by atoms with Crippen molar-refractivity contribution in [3.05, 3.63) is 71.9 Å². The SMILES string of the molecule is COc1ncc(-c2ccc3nc(N)c(CNC(C)=O)cc3c2)cc1NS(=O)(=O)c1ccc(F)cc1F. The van der Waals surface area contributed by atoms with Crippen LogP contribution in [0.4, 0.5) is 20.3 Å². The summed E-state index contributed by atoms with van der Waals surface area (Å²) in [6, 6.07) is 10.7. The van der Waals surface area contributed by atoms with Gasteiger partial charge in [0.25, 0.3) is 10.0 Å². The number of nitrogen functional groups attached to an aromatic ring is 1. The van der Waals surface area contributed by atoms with Crippen LogP contribution in [0.3, 0.4) is 0 Å². The van der Waals surface area contributed by atoms with Crippen LogP contribution >= 0.6 is 0 Å². The largest absolute Gasteiger partial charge is 0.480 e. The van der Waals surface area contributed by atoms with E-state index in [0.717, 1.165) is 17.5 Å². The van der Waals surface area contributed by atoms with E-state index in [0.29, 0.717) is 34.1 Å². The molecule has 4 N–H and O–H groups in total. The molecule has 2 heterocycles. The Hall–Kier alpha value is -4.32. The van der Waals surface area contributed by atoms with Gasteiger partial charge in [-0.15, -0.1) is 0 Å². The summed E-state index contributed by atoms with van der Waals surface area (Å²) in [7, 11) is -3.11. The number of nitrogens with one attached hydrogen (secondary N) is 2. The van der Waals surface area contributed by atoms with Crippen molar-refractivity contribution >= 4 is 38.3 Å². The van der Waals surface area contributed by atoms with E-state index >= 15 is 0 Å². The molecule has 36 heavy (non-hydrogen) atoms. The number of aromatic nitrogens is 2. The molecule has 0 aliphatic carbocycles. The van der Waals surface area contributed by atoms with Crippen LogP contribution in [0.25, 0.3) is 22.0 Å². The molecule has 0 spiro atoms.